The molecule has 2 heterocycles. The van der Waals surface area contributed by atoms with Gasteiger partial charge in [-0.1, -0.05) is 18.5 Å². The summed E-state index contributed by atoms with van der Waals surface area (Å²) in [5.41, 5.74) is 0.428. The molecule has 6 heteroatoms. The van der Waals surface area contributed by atoms with Crippen LogP contribution in [0.2, 0.25) is 5.15 Å². The molecular formula is C14H19BrClN3O. The first-order valence-electron chi connectivity index (χ1n) is 6.94. The van der Waals surface area contributed by atoms with E-state index in [0.717, 1.165) is 36.9 Å². The van der Waals surface area contributed by atoms with E-state index in [-0.39, 0.29) is 17.1 Å². The lowest BCUT2D eigenvalue weighted by molar-refractivity contribution is 0.0911. The van der Waals surface area contributed by atoms with Gasteiger partial charge < -0.3 is 10.2 Å². The minimum atomic E-state index is -0.141. The van der Waals surface area contributed by atoms with Crippen molar-refractivity contribution in [3.05, 3.63) is 27.5 Å². The summed E-state index contributed by atoms with van der Waals surface area (Å²) in [4.78, 5) is 18.6. The highest BCUT2D eigenvalue weighted by molar-refractivity contribution is 9.10. The maximum atomic E-state index is 12.2. The van der Waals surface area contributed by atoms with Crippen LogP contribution in [0.25, 0.3) is 0 Å². The minimum absolute atomic E-state index is 0.141. The molecule has 1 aliphatic rings. The van der Waals surface area contributed by atoms with E-state index in [9.17, 15) is 4.79 Å². The Morgan fingerprint density at radius 3 is 2.90 bits per heavy atom. The van der Waals surface area contributed by atoms with Crippen molar-refractivity contribution in [2.45, 2.75) is 32.2 Å². The Kier molecular flexibility index (Phi) is 5.81. The molecule has 4 nitrogen and oxygen atoms in total. The van der Waals surface area contributed by atoms with Crippen LogP contribution in [-0.2, 0) is 0 Å². The summed E-state index contributed by atoms with van der Waals surface area (Å²) in [6, 6.07) is 1.93. The van der Waals surface area contributed by atoms with Crippen molar-refractivity contribution in [1.29, 1.82) is 0 Å². The highest BCUT2D eigenvalue weighted by atomic mass is 79.9. The zero-order valence-electron chi connectivity index (χ0n) is 11.5. The third-order valence-corrected chi connectivity index (χ3v) is 4.25. The van der Waals surface area contributed by atoms with Crippen LogP contribution in [0.3, 0.4) is 0 Å². The van der Waals surface area contributed by atoms with Crippen molar-refractivity contribution >= 4 is 33.4 Å². The average molecular weight is 361 g/mol. The SMILES string of the molecule is CCCN1CCC(NC(=O)c2cc(Br)cnc2Cl)CC1. The molecule has 0 saturated carbocycles. The number of nitrogens with zero attached hydrogens (tertiary/aromatic N) is 2. The monoisotopic (exact) mass is 359 g/mol. The quantitative estimate of drug-likeness (QED) is 0.839. The molecule has 1 aromatic heterocycles. The maximum Gasteiger partial charge on any atom is 0.254 e. The van der Waals surface area contributed by atoms with Crippen LogP contribution in [0.1, 0.15) is 36.5 Å². The molecule has 0 aliphatic carbocycles. The molecule has 0 radical (unpaired) electrons. The largest absolute Gasteiger partial charge is 0.349 e. The van der Waals surface area contributed by atoms with E-state index in [2.05, 4.69) is 38.1 Å². The van der Waals surface area contributed by atoms with Crippen LogP contribution in [-0.4, -0.2) is 41.5 Å². The predicted octanol–water partition coefficient (Wildman–Crippen LogP) is 3.10. The lowest BCUT2D eigenvalue weighted by Crippen LogP contribution is -2.44. The number of carbonyl (C=O) groups excluding carboxylic acids is 1. The van der Waals surface area contributed by atoms with Gasteiger partial charge in [0.25, 0.3) is 5.91 Å². The number of nitrogens with one attached hydrogen (secondary N) is 1. The Labute approximate surface area is 133 Å². The molecule has 1 aliphatic heterocycles. The molecule has 1 amide bonds. The summed E-state index contributed by atoms with van der Waals surface area (Å²) in [5.74, 6) is -0.141. The third-order valence-electron chi connectivity index (χ3n) is 3.51. The van der Waals surface area contributed by atoms with Gasteiger partial charge >= 0.3 is 0 Å². The number of rotatable bonds is 4. The van der Waals surface area contributed by atoms with Crippen molar-refractivity contribution < 1.29 is 4.79 Å². The van der Waals surface area contributed by atoms with E-state index in [0.29, 0.717) is 5.56 Å². The summed E-state index contributed by atoms with van der Waals surface area (Å²) in [7, 11) is 0. The lowest BCUT2D eigenvalue weighted by Gasteiger charge is -2.32. The highest BCUT2D eigenvalue weighted by Crippen LogP contribution is 2.19. The number of carbonyl (C=O) groups is 1. The zero-order valence-corrected chi connectivity index (χ0v) is 13.9. The van der Waals surface area contributed by atoms with Crippen LogP contribution in [0.15, 0.2) is 16.7 Å². The average Bonchev–Trinajstić information content (AvgIpc) is 2.44. The van der Waals surface area contributed by atoms with Crippen molar-refractivity contribution in [1.82, 2.24) is 15.2 Å². The number of hydrogen-bond acceptors (Lipinski definition) is 3. The number of halogens is 2. The van der Waals surface area contributed by atoms with Gasteiger partial charge in [-0.3, -0.25) is 4.79 Å². The van der Waals surface area contributed by atoms with Gasteiger partial charge in [-0.15, -0.1) is 0 Å². The van der Waals surface area contributed by atoms with Gasteiger partial charge in [0.1, 0.15) is 5.15 Å². The fraction of sp³-hybridized carbons (Fsp3) is 0.571. The Bertz CT molecular complexity index is 475. The Hall–Kier alpha value is -0.650. The summed E-state index contributed by atoms with van der Waals surface area (Å²) in [5, 5.41) is 3.30. The Balaban J connectivity index is 1.91. The summed E-state index contributed by atoms with van der Waals surface area (Å²) < 4.78 is 0.754. The van der Waals surface area contributed by atoms with E-state index >= 15 is 0 Å². The van der Waals surface area contributed by atoms with Gasteiger partial charge in [0.05, 0.1) is 5.56 Å². The van der Waals surface area contributed by atoms with Crippen LogP contribution in [0, 0.1) is 0 Å². The first-order chi connectivity index (χ1) is 9.60. The number of amides is 1. The number of piperidine rings is 1. The fourth-order valence-electron chi connectivity index (χ4n) is 2.46. The van der Waals surface area contributed by atoms with Crippen molar-refractivity contribution in [3.8, 4) is 0 Å². The zero-order chi connectivity index (χ0) is 14.5. The standard InChI is InChI=1S/C14H19BrClN3O/c1-2-5-19-6-3-11(4-7-19)18-14(20)12-8-10(15)9-17-13(12)16/h8-9,11H,2-7H2,1H3,(H,18,20). The molecule has 110 valence electrons. The Morgan fingerprint density at radius 2 is 2.25 bits per heavy atom. The van der Waals surface area contributed by atoms with Gasteiger partial charge in [-0.05, 0) is 47.8 Å². The highest BCUT2D eigenvalue weighted by Gasteiger charge is 2.21. The second-order valence-corrected chi connectivity index (χ2v) is 6.35. The summed E-state index contributed by atoms with van der Waals surface area (Å²) in [6.45, 7) is 5.42. The van der Waals surface area contributed by atoms with E-state index in [1.807, 2.05) is 0 Å². The van der Waals surface area contributed by atoms with Crippen LogP contribution < -0.4 is 5.32 Å². The molecule has 0 spiro atoms. The number of pyridine rings is 1. The van der Waals surface area contributed by atoms with E-state index in [1.54, 1.807) is 12.3 Å². The molecule has 0 bridgehead atoms. The first kappa shape index (κ1) is 15.7. The van der Waals surface area contributed by atoms with Gasteiger partial charge in [-0.2, -0.15) is 0 Å². The Morgan fingerprint density at radius 1 is 1.55 bits per heavy atom. The smallest absolute Gasteiger partial charge is 0.254 e. The second-order valence-electron chi connectivity index (χ2n) is 5.08. The normalized spacial score (nSPS) is 17.1. The first-order valence-corrected chi connectivity index (χ1v) is 8.11. The molecule has 0 atom stereocenters. The molecule has 1 aromatic rings. The second kappa shape index (κ2) is 7.38. The van der Waals surface area contributed by atoms with Gasteiger partial charge in [0.15, 0.2) is 0 Å². The minimum Gasteiger partial charge on any atom is -0.349 e. The third kappa shape index (κ3) is 4.17. The van der Waals surface area contributed by atoms with Gasteiger partial charge in [-0.25, -0.2) is 4.98 Å². The molecule has 2 rings (SSSR count). The number of aromatic nitrogens is 1. The topological polar surface area (TPSA) is 45.2 Å². The lowest BCUT2D eigenvalue weighted by atomic mass is 10.0. The van der Waals surface area contributed by atoms with Crippen LogP contribution in [0.5, 0.6) is 0 Å². The van der Waals surface area contributed by atoms with E-state index < -0.39 is 0 Å². The summed E-state index contributed by atoms with van der Waals surface area (Å²) in [6.07, 6.45) is 4.74. The molecule has 1 fully saturated rings. The number of hydrogen-bond donors (Lipinski definition) is 1. The molecule has 0 aromatic carbocycles. The van der Waals surface area contributed by atoms with Gasteiger partial charge in [0.2, 0.25) is 0 Å². The molecule has 1 saturated heterocycles. The number of likely N-dealkylation sites (tertiary alicyclic amines) is 1. The molecule has 1 N–H and O–H groups in total. The van der Waals surface area contributed by atoms with E-state index in [4.69, 9.17) is 11.6 Å². The van der Waals surface area contributed by atoms with Crippen molar-refractivity contribution in [2.75, 3.05) is 19.6 Å². The fourth-order valence-corrected chi connectivity index (χ4v) is 2.98. The maximum absolute atomic E-state index is 12.2. The van der Waals surface area contributed by atoms with Crippen molar-refractivity contribution in [3.63, 3.8) is 0 Å². The molecular weight excluding hydrogens is 342 g/mol. The molecule has 20 heavy (non-hydrogen) atoms. The predicted molar refractivity (Wildman–Crippen MR) is 84.2 cm³/mol. The van der Waals surface area contributed by atoms with Crippen LogP contribution in [0.4, 0.5) is 0 Å². The van der Waals surface area contributed by atoms with Crippen molar-refractivity contribution in [2.24, 2.45) is 0 Å². The summed E-state index contributed by atoms with van der Waals surface area (Å²) >= 11 is 9.28. The van der Waals surface area contributed by atoms with E-state index in [1.165, 1.54) is 6.42 Å². The van der Waals surface area contributed by atoms with Gasteiger partial charge in [0, 0.05) is 29.8 Å². The van der Waals surface area contributed by atoms with Crippen LogP contribution >= 0.6 is 27.5 Å². The molecule has 0 unspecified atom stereocenters.